The smallest absolute Gasteiger partial charge is 0.335 e. The van der Waals surface area contributed by atoms with E-state index in [9.17, 15) is 19.2 Å². The Balaban J connectivity index is 1.45. The van der Waals surface area contributed by atoms with Crippen molar-refractivity contribution in [3.8, 4) is 11.5 Å². The fraction of sp³-hybridized carbons (Fsp3) is 0.250. The minimum atomic E-state index is -0.828. The van der Waals surface area contributed by atoms with Crippen LogP contribution in [-0.2, 0) is 19.1 Å². The molecule has 0 atom stereocenters. The van der Waals surface area contributed by atoms with Crippen molar-refractivity contribution in [2.75, 3.05) is 44.9 Å². The molecule has 10 nitrogen and oxygen atoms in total. The standard InChI is InChI=1S/C24H23N3O7/c1-32-18-8-4-17(5-9-18)27-23(30)20(22(29)25-24(27)31)14-16-2-6-19(7-3-16)34-15-21(28)26-10-12-33-13-11-26/h2-9,14H,10-13,15H2,1H3,(H,25,29,31)/b20-14+. The number of rotatable bonds is 6. The summed E-state index contributed by atoms with van der Waals surface area (Å²) in [6.07, 6.45) is 1.39. The molecule has 5 amide bonds. The van der Waals surface area contributed by atoms with E-state index in [-0.39, 0.29) is 18.1 Å². The number of amides is 5. The van der Waals surface area contributed by atoms with Gasteiger partial charge in [0.15, 0.2) is 6.61 Å². The zero-order valence-electron chi connectivity index (χ0n) is 18.5. The van der Waals surface area contributed by atoms with Crippen molar-refractivity contribution in [1.82, 2.24) is 10.2 Å². The monoisotopic (exact) mass is 465 g/mol. The van der Waals surface area contributed by atoms with Crippen molar-refractivity contribution in [2.24, 2.45) is 0 Å². The third-order valence-electron chi connectivity index (χ3n) is 5.35. The van der Waals surface area contributed by atoms with Gasteiger partial charge in [-0.05, 0) is 48.0 Å². The zero-order valence-corrected chi connectivity index (χ0v) is 18.5. The molecule has 2 saturated heterocycles. The molecule has 10 heteroatoms. The van der Waals surface area contributed by atoms with Crippen molar-refractivity contribution in [1.29, 1.82) is 0 Å². The van der Waals surface area contributed by atoms with E-state index in [1.807, 2.05) is 0 Å². The molecular formula is C24H23N3O7. The molecule has 0 aromatic heterocycles. The van der Waals surface area contributed by atoms with Gasteiger partial charge in [0.1, 0.15) is 17.1 Å². The first-order chi connectivity index (χ1) is 16.5. The van der Waals surface area contributed by atoms with Crippen LogP contribution in [0, 0.1) is 0 Å². The molecular weight excluding hydrogens is 442 g/mol. The Morgan fingerprint density at radius 3 is 2.29 bits per heavy atom. The molecule has 0 radical (unpaired) electrons. The fourth-order valence-electron chi connectivity index (χ4n) is 3.50. The number of anilines is 1. The average Bonchev–Trinajstić information content (AvgIpc) is 2.86. The number of barbiturate groups is 1. The van der Waals surface area contributed by atoms with Gasteiger partial charge in [0.05, 0.1) is 26.0 Å². The number of urea groups is 1. The molecule has 4 rings (SSSR count). The maximum Gasteiger partial charge on any atom is 0.335 e. The molecule has 1 N–H and O–H groups in total. The Morgan fingerprint density at radius 1 is 1.00 bits per heavy atom. The predicted octanol–water partition coefficient (Wildman–Crippen LogP) is 1.60. The lowest BCUT2D eigenvalue weighted by Gasteiger charge is -2.26. The van der Waals surface area contributed by atoms with E-state index in [2.05, 4.69) is 5.32 Å². The van der Waals surface area contributed by atoms with Crippen LogP contribution in [0.25, 0.3) is 6.08 Å². The van der Waals surface area contributed by atoms with Crippen LogP contribution in [-0.4, -0.2) is 68.7 Å². The molecule has 0 bridgehead atoms. The highest BCUT2D eigenvalue weighted by Gasteiger charge is 2.36. The largest absolute Gasteiger partial charge is 0.497 e. The van der Waals surface area contributed by atoms with Gasteiger partial charge in [-0.1, -0.05) is 12.1 Å². The van der Waals surface area contributed by atoms with Gasteiger partial charge < -0.3 is 19.1 Å². The number of hydrogen-bond acceptors (Lipinski definition) is 7. The van der Waals surface area contributed by atoms with Crippen LogP contribution in [0.3, 0.4) is 0 Å². The minimum absolute atomic E-state index is 0.0970. The summed E-state index contributed by atoms with van der Waals surface area (Å²) in [5, 5.41) is 2.18. The maximum atomic E-state index is 13.0. The Morgan fingerprint density at radius 2 is 1.65 bits per heavy atom. The summed E-state index contributed by atoms with van der Waals surface area (Å²) in [4.78, 5) is 52.4. The molecule has 0 unspecified atom stereocenters. The number of nitrogens with zero attached hydrogens (tertiary/aromatic N) is 2. The van der Waals surface area contributed by atoms with E-state index in [0.717, 1.165) is 4.90 Å². The first-order valence-corrected chi connectivity index (χ1v) is 10.6. The quantitative estimate of drug-likeness (QED) is 0.509. The van der Waals surface area contributed by atoms with Gasteiger partial charge >= 0.3 is 6.03 Å². The summed E-state index contributed by atoms with van der Waals surface area (Å²) < 4.78 is 15.9. The van der Waals surface area contributed by atoms with Crippen molar-refractivity contribution in [2.45, 2.75) is 0 Å². The zero-order chi connectivity index (χ0) is 24.1. The van der Waals surface area contributed by atoms with E-state index in [4.69, 9.17) is 14.2 Å². The maximum absolute atomic E-state index is 13.0. The van der Waals surface area contributed by atoms with Crippen molar-refractivity contribution < 1.29 is 33.4 Å². The van der Waals surface area contributed by atoms with Crippen LogP contribution in [0.2, 0.25) is 0 Å². The normalized spacial score (nSPS) is 17.6. The van der Waals surface area contributed by atoms with Crippen molar-refractivity contribution in [3.05, 3.63) is 59.7 Å². The molecule has 0 spiro atoms. The third-order valence-corrected chi connectivity index (χ3v) is 5.35. The average molecular weight is 465 g/mol. The van der Waals surface area contributed by atoms with Gasteiger partial charge in [0.2, 0.25) is 0 Å². The molecule has 2 aliphatic rings. The highest BCUT2D eigenvalue weighted by Crippen LogP contribution is 2.24. The predicted molar refractivity (Wildman–Crippen MR) is 121 cm³/mol. The SMILES string of the molecule is COc1ccc(N2C(=O)NC(=O)/C(=C\c3ccc(OCC(=O)N4CCOCC4)cc3)C2=O)cc1. The van der Waals surface area contributed by atoms with E-state index in [1.165, 1.54) is 13.2 Å². The second-order valence-electron chi connectivity index (χ2n) is 7.51. The minimum Gasteiger partial charge on any atom is -0.497 e. The molecule has 0 saturated carbocycles. The number of ether oxygens (including phenoxy) is 3. The molecule has 0 aliphatic carbocycles. The first kappa shape index (κ1) is 23.0. The number of nitrogens with one attached hydrogen (secondary N) is 1. The molecule has 34 heavy (non-hydrogen) atoms. The number of carbonyl (C=O) groups is 4. The highest BCUT2D eigenvalue weighted by atomic mass is 16.5. The van der Waals surface area contributed by atoms with Crippen molar-refractivity contribution >= 4 is 35.5 Å². The molecule has 2 aromatic carbocycles. The van der Waals surface area contributed by atoms with E-state index < -0.39 is 17.8 Å². The Kier molecular flexibility index (Phi) is 6.88. The number of morpholine rings is 1. The van der Waals surface area contributed by atoms with Crippen LogP contribution in [0.1, 0.15) is 5.56 Å². The first-order valence-electron chi connectivity index (χ1n) is 10.6. The Hall–Kier alpha value is -4.18. The van der Waals surface area contributed by atoms with E-state index in [0.29, 0.717) is 49.1 Å². The van der Waals surface area contributed by atoms with Gasteiger partial charge in [0, 0.05) is 13.1 Å². The van der Waals surface area contributed by atoms with Gasteiger partial charge in [-0.15, -0.1) is 0 Å². The Labute approximate surface area is 195 Å². The number of imide groups is 2. The molecule has 2 fully saturated rings. The van der Waals surface area contributed by atoms with Crippen LogP contribution in [0.15, 0.2) is 54.1 Å². The topological polar surface area (TPSA) is 114 Å². The third kappa shape index (κ3) is 5.07. The van der Waals surface area contributed by atoms with Crippen molar-refractivity contribution in [3.63, 3.8) is 0 Å². The summed E-state index contributed by atoms with van der Waals surface area (Å²) in [5.74, 6) is -0.610. The van der Waals surface area contributed by atoms with Gasteiger partial charge in [-0.25, -0.2) is 9.69 Å². The second-order valence-corrected chi connectivity index (χ2v) is 7.51. The lowest BCUT2D eigenvalue weighted by molar-refractivity contribution is -0.137. The summed E-state index contributed by atoms with van der Waals surface area (Å²) in [6, 6.07) is 12.1. The van der Waals surface area contributed by atoms with E-state index in [1.54, 1.807) is 53.4 Å². The van der Waals surface area contributed by atoms with Gasteiger partial charge in [0.25, 0.3) is 17.7 Å². The summed E-state index contributed by atoms with van der Waals surface area (Å²) in [5.41, 5.74) is 0.663. The molecule has 2 heterocycles. The summed E-state index contributed by atoms with van der Waals surface area (Å²) in [6.45, 7) is 2.02. The molecule has 2 aromatic rings. The van der Waals surface area contributed by atoms with Crippen LogP contribution in [0.5, 0.6) is 11.5 Å². The van der Waals surface area contributed by atoms with Crippen LogP contribution in [0.4, 0.5) is 10.5 Å². The molecule has 176 valence electrons. The second kappa shape index (κ2) is 10.2. The number of carbonyl (C=O) groups excluding carboxylic acids is 4. The lowest BCUT2D eigenvalue weighted by atomic mass is 10.1. The van der Waals surface area contributed by atoms with Gasteiger partial charge in [-0.3, -0.25) is 19.7 Å². The summed E-state index contributed by atoms with van der Waals surface area (Å²) >= 11 is 0. The summed E-state index contributed by atoms with van der Waals surface area (Å²) in [7, 11) is 1.51. The lowest BCUT2D eigenvalue weighted by Crippen LogP contribution is -2.54. The fourth-order valence-corrected chi connectivity index (χ4v) is 3.50. The molecule has 2 aliphatic heterocycles. The van der Waals surface area contributed by atoms with Crippen LogP contribution >= 0.6 is 0 Å². The van der Waals surface area contributed by atoms with Gasteiger partial charge in [-0.2, -0.15) is 0 Å². The number of hydrogen-bond donors (Lipinski definition) is 1. The van der Waals surface area contributed by atoms with E-state index >= 15 is 0 Å². The number of methoxy groups -OCH3 is 1. The Bertz CT molecular complexity index is 1120. The number of benzene rings is 2. The highest BCUT2D eigenvalue weighted by molar-refractivity contribution is 6.39. The van der Waals surface area contributed by atoms with Crippen LogP contribution < -0.4 is 19.7 Å².